The molecule has 0 aliphatic rings. The minimum absolute atomic E-state index is 0.246. The number of aromatic nitrogens is 1. The monoisotopic (exact) mass is 351 g/mol. The van der Waals surface area contributed by atoms with Gasteiger partial charge in [0, 0.05) is 19.6 Å². The normalized spacial score (nSPS) is 10.5. The average molecular weight is 352 g/mol. The van der Waals surface area contributed by atoms with Gasteiger partial charge in [0.2, 0.25) is 0 Å². The Bertz CT molecular complexity index is 583. The highest BCUT2D eigenvalue weighted by Crippen LogP contribution is 2.18. The number of pyridine rings is 1. The maximum atomic E-state index is 13.4. The number of rotatable bonds is 6. The van der Waals surface area contributed by atoms with E-state index in [0.29, 0.717) is 11.0 Å². The third-order valence-electron chi connectivity index (χ3n) is 3.32. The van der Waals surface area contributed by atoms with E-state index < -0.39 is 0 Å². The smallest absolute Gasteiger partial charge is 0.137 e. The van der Waals surface area contributed by atoms with Crippen LogP contribution in [0.15, 0.2) is 41.0 Å². The van der Waals surface area contributed by atoms with Gasteiger partial charge in [-0.3, -0.25) is 0 Å². The van der Waals surface area contributed by atoms with Crippen molar-refractivity contribution in [2.75, 3.05) is 23.3 Å². The summed E-state index contributed by atoms with van der Waals surface area (Å²) in [6.45, 7) is 6.66. The van der Waals surface area contributed by atoms with E-state index in [0.717, 1.165) is 30.2 Å². The Labute approximate surface area is 133 Å². The van der Waals surface area contributed by atoms with Crippen molar-refractivity contribution in [2.24, 2.45) is 0 Å². The highest BCUT2D eigenvalue weighted by molar-refractivity contribution is 9.10. The molecule has 0 fully saturated rings. The largest absolute Gasteiger partial charge is 0.380 e. The topological polar surface area (TPSA) is 28.2 Å². The van der Waals surface area contributed by atoms with Crippen molar-refractivity contribution in [1.29, 1.82) is 0 Å². The summed E-state index contributed by atoms with van der Waals surface area (Å²) >= 11 is 3.15. The number of nitrogens with zero attached hydrogens (tertiary/aromatic N) is 2. The number of halogens is 2. The van der Waals surface area contributed by atoms with Crippen molar-refractivity contribution in [3.8, 4) is 0 Å². The van der Waals surface area contributed by atoms with Crippen LogP contribution in [-0.2, 0) is 6.54 Å². The lowest BCUT2D eigenvalue weighted by Crippen LogP contribution is -2.22. The molecule has 5 heteroatoms. The molecule has 0 aliphatic heterocycles. The Morgan fingerprint density at radius 3 is 2.52 bits per heavy atom. The summed E-state index contributed by atoms with van der Waals surface area (Å²) < 4.78 is 13.9. The summed E-state index contributed by atoms with van der Waals surface area (Å²) in [6.07, 6.45) is 1.81. The van der Waals surface area contributed by atoms with Crippen LogP contribution in [0.2, 0.25) is 0 Å². The molecule has 0 radical (unpaired) electrons. The Kier molecular flexibility index (Phi) is 5.56. The lowest BCUT2D eigenvalue weighted by Gasteiger charge is -2.19. The number of nitrogens with one attached hydrogen (secondary N) is 1. The molecule has 0 atom stereocenters. The molecule has 0 unspecified atom stereocenters. The first-order valence-corrected chi connectivity index (χ1v) is 7.82. The average Bonchev–Trinajstić information content (AvgIpc) is 2.51. The molecule has 0 saturated heterocycles. The molecule has 3 nitrogen and oxygen atoms in total. The summed E-state index contributed by atoms with van der Waals surface area (Å²) in [6, 6.07) is 9.12. The van der Waals surface area contributed by atoms with Gasteiger partial charge in [0.15, 0.2) is 0 Å². The molecular weight excluding hydrogens is 333 g/mol. The first-order chi connectivity index (χ1) is 10.1. The quantitative estimate of drug-likeness (QED) is 0.833. The van der Waals surface area contributed by atoms with Crippen molar-refractivity contribution in [3.63, 3.8) is 0 Å². The van der Waals surface area contributed by atoms with Crippen molar-refractivity contribution in [2.45, 2.75) is 20.4 Å². The van der Waals surface area contributed by atoms with Crippen LogP contribution in [0.3, 0.4) is 0 Å². The molecule has 1 aromatic carbocycles. The molecule has 0 amide bonds. The van der Waals surface area contributed by atoms with E-state index >= 15 is 0 Å². The van der Waals surface area contributed by atoms with Gasteiger partial charge in [0.1, 0.15) is 11.6 Å². The molecule has 0 bridgehead atoms. The molecule has 1 aromatic heterocycles. The first-order valence-electron chi connectivity index (χ1n) is 7.02. The van der Waals surface area contributed by atoms with E-state index in [1.807, 2.05) is 24.4 Å². The zero-order valence-electron chi connectivity index (χ0n) is 12.2. The van der Waals surface area contributed by atoms with Crippen molar-refractivity contribution in [1.82, 2.24) is 4.98 Å². The van der Waals surface area contributed by atoms with Gasteiger partial charge < -0.3 is 10.2 Å². The molecule has 2 rings (SSSR count). The zero-order chi connectivity index (χ0) is 15.2. The maximum absolute atomic E-state index is 13.4. The summed E-state index contributed by atoms with van der Waals surface area (Å²) in [5.41, 5.74) is 1.82. The van der Waals surface area contributed by atoms with Gasteiger partial charge in [-0.25, -0.2) is 9.37 Å². The number of anilines is 2. The fraction of sp³-hybridized carbons (Fsp3) is 0.312. The van der Waals surface area contributed by atoms with E-state index in [2.05, 4.69) is 45.0 Å². The van der Waals surface area contributed by atoms with Crippen LogP contribution in [-0.4, -0.2) is 18.1 Å². The molecule has 21 heavy (non-hydrogen) atoms. The Morgan fingerprint density at radius 1 is 1.19 bits per heavy atom. The standard InChI is InChI=1S/C16H19BrFN3/c1-3-21(4-2)16-8-6-13(11-20-16)19-10-12-5-7-14(17)15(18)9-12/h5-9,11,19H,3-4,10H2,1-2H3. The van der Waals surface area contributed by atoms with Gasteiger partial charge in [0.25, 0.3) is 0 Å². The second-order valence-electron chi connectivity index (χ2n) is 4.68. The highest BCUT2D eigenvalue weighted by Gasteiger charge is 2.04. The lowest BCUT2D eigenvalue weighted by molar-refractivity contribution is 0.619. The van der Waals surface area contributed by atoms with Crippen LogP contribution in [0.25, 0.3) is 0 Å². The molecule has 112 valence electrons. The summed E-state index contributed by atoms with van der Waals surface area (Å²) in [5.74, 6) is 0.726. The SMILES string of the molecule is CCN(CC)c1ccc(NCc2ccc(Br)c(F)c2)cn1. The van der Waals surface area contributed by atoms with E-state index in [1.165, 1.54) is 6.07 Å². The summed E-state index contributed by atoms with van der Waals surface area (Å²) in [7, 11) is 0. The molecule has 2 aromatic rings. The molecule has 0 aliphatic carbocycles. The fourth-order valence-electron chi connectivity index (χ4n) is 2.08. The van der Waals surface area contributed by atoms with E-state index in [-0.39, 0.29) is 5.82 Å². The Hall–Kier alpha value is -1.62. The van der Waals surface area contributed by atoms with Crippen molar-refractivity contribution >= 4 is 27.4 Å². The molecule has 1 N–H and O–H groups in total. The van der Waals surface area contributed by atoms with Crippen LogP contribution < -0.4 is 10.2 Å². The van der Waals surface area contributed by atoms with Gasteiger partial charge in [0.05, 0.1) is 16.4 Å². The number of hydrogen-bond donors (Lipinski definition) is 1. The Balaban J connectivity index is 1.98. The van der Waals surface area contributed by atoms with E-state index in [4.69, 9.17) is 0 Å². The maximum Gasteiger partial charge on any atom is 0.137 e. The van der Waals surface area contributed by atoms with Crippen LogP contribution in [0.4, 0.5) is 15.9 Å². The second-order valence-corrected chi connectivity index (χ2v) is 5.53. The zero-order valence-corrected chi connectivity index (χ0v) is 13.8. The lowest BCUT2D eigenvalue weighted by atomic mass is 10.2. The van der Waals surface area contributed by atoms with E-state index in [9.17, 15) is 4.39 Å². The fourth-order valence-corrected chi connectivity index (χ4v) is 2.33. The predicted molar refractivity (Wildman–Crippen MR) is 89.2 cm³/mol. The first kappa shape index (κ1) is 15.8. The Morgan fingerprint density at radius 2 is 1.95 bits per heavy atom. The van der Waals surface area contributed by atoms with E-state index in [1.54, 1.807) is 6.07 Å². The molecule has 0 spiro atoms. The molecule has 0 saturated carbocycles. The summed E-state index contributed by atoms with van der Waals surface area (Å²) in [5, 5.41) is 3.25. The van der Waals surface area contributed by atoms with Crippen LogP contribution in [0, 0.1) is 5.82 Å². The third-order valence-corrected chi connectivity index (χ3v) is 3.96. The van der Waals surface area contributed by atoms with Crippen LogP contribution >= 0.6 is 15.9 Å². The predicted octanol–water partition coefficient (Wildman–Crippen LogP) is 4.44. The van der Waals surface area contributed by atoms with Crippen LogP contribution in [0.1, 0.15) is 19.4 Å². The molecular formula is C16H19BrFN3. The minimum atomic E-state index is -0.246. The highest BCUT2D eigenvalue weighted by atomic mass is 79.9. The third kappa shape index (κ3) is 4.17. The van der Waals surface area contributed by atoms with Gasteiger partial charge in [-0.2, -0.15) is 0 Å². The van der Waals surface area contributed by atoms with Gasteiger partial charge in [-0.1, -0.05) is 6.07 Å². The second kappa shape index (κ2) is 7.41. The van der Waals surface area contributed by atoms with Crippen molar-refractivity contribution < 1.29 is 4.39 Å². The van der Waals surface area contributed by atoms with Gasteiger partial charge >= 0.3 is 0 Å². The molecule has 1 heterocycles. The van der Waals surface area contributed by atoms with Gasteiger partial charge in [-0.15, -0.1) is 0 Å². The number of hydrogen-bond acceptors (Lipinski definition) is 3. The minimum Gasteiger partial charge on any atom is -0.380 e. The number of benzene rings is 1. The van der Waals surface area contributed by atoms with Gasteiger partial charge in [-0.05, 0) is 59.6 Å². The van der Waals surface area contributed by atoms with Crippen molar-refractivity contribution in [3.05, 3.63) is 52.4 Å². The van der Waals surface area contributed by atoms with Crippen LogP contribution in [0.5, 0.6) is 0 Å². The summed E-state index contributed by atoms with van der Waals surface area (Å²) in [4.78, 5) is 6.63.